The third kappa shape index (κ3) is 2.64. The second kappa shape index (κ2) is 5.30. The Morgan fingerprint density at radius 1 is 1.53 bits per heavy atom. The zero-order valence-corrected chi connectivity index (χ0v) is 11.7. The summed E-state index contributed by atoms with van der Waals surface area (Å²) in [5, 5.41) is 0.968. The van der Waals surface area contributed by atoms with Crippen LogP contribution in [0.3, 0.4) is 0 Å². The average molecular weight is 279 g/mol. The predicted octanol–water partition coefficient (Wildman–Crippen LogP) is 2.25. The van der Waals surface area contributed by atoms with Gasteiger partial charge in [0, 0.05) is 17.4 Å². The van der Waals surface area contributed by atoms with E-state index in [2.05, 4.69) is 23.0 Å². The normalized spacial score (nSPS) is 19.1. The van der Waals surface area contributed by atoms with E-state index >= 15 is 0 Å². The molecule has 0 aliphatic carbocycles. The second-order valence-electron chi connectivity index (χ2n) is 4.71. The molecule has 1 unspecified atom stereocenters. The van der Waals surface area contributed by atoms with Crippen LogP contribution in [0.5, 0.6) is 5.88 Å². The van der Waals surface area contributed by atoms with E-state index in [1.807, 2.05) is 0 Å². The first-order valence-corrected chi connectivity index (χ1v) is 7.34. The van der Waals surface area contributed by atoms with Gasteiger partial charge in [0.15, 0.2) is 0 Å². The maximum Gasteiger partial charge on any atom is 0.227 e. The fourth-order valence-electron chi connectivity index (χ4n) is 2.16. The van der Waals surface area contributed by atoms with Gasteiger partial charge in [-0.05, 0) is 18.9 Å². The number of hydrogen-bond donors (Lipinski definition) is 1. The smallest absolute Gasteiger partial charge is 0.227 e. The third-order valence-electron chi connectivity index (χ3n) is 3.25. The van der Waals surface area contributed by atoms with Gasteiger partial charge in [0.05, 0.1) is 18.6 Å². The Balaban J connectivity index is 1.85. The molecule has 1 aliphatic heterocycles. The lowest BCUT2D eigenvalue weighted by molar-refractivity contribution is 0.166. The summed E-state index contributed by atoms with van der Waals surface area (Å²) in [6.45, 7) is 4.35. The van der Waals surface area contributed by atoms with E-state index in [9.17, 15) is 0 Å². The van der Waals surface area contributed by atoms with Crippen LogP contribution in [0, 0.1) is 5.92 Å². The fourth-order valence-corrected chi connectivity index (χ4v) is 3.12. The number of hydrogen-bond acceptors (Lipinski definition) is 6. The molecular weight excluding hydrogens is 262 g/mol. The summed E-state index contributed by atoms with van der Waals surface area (Å²) >= 11 is 1.65. The lowest BCUT2D eigenvalue weighted by atomic mass is 10.1. The molecule has 0 spiro atoms. The van der Waals surface area contributed by atoms with Gasteiger partial charge in [-0.2, -0.15) is 4.98 Å². The van der Waals surface area contributed by atoms with Crippen molar-refractivity contribution in [3.63, 3.8) is 0 Å². The van der Waals surface area contributed by atoms with Gasteiger partial charge < -0.3 is 15.2 Å². The maximum atomic E-state index is 5.84. The first-order valence-electron chi connectivity index (χ1n) is 6.52. The Morgan fingerprint density at radius 2 is 2.42 bits per heavy atom. The van der Waals surface area contributed by atoms with Gasteiger partial charge in [0.2, 0.25) is 11.8 Å². The second-order valence-corrected chi connectivity index (χ2v) is 5.83. The van der Waals surface area contributed by atoms with E-state index in [4.69, 9.17) is 15.2 Å². The highest BCUT2D eigenvalue weighted by atomic mass is 32.1. The van der Waals surface area contributed by atoms with Crippen LogP contribution in [0.2, 0.25) is 0 Å². The zero-order chi connectivity index (χ0) is 13.2. The molecule has 6 heteroatoms. The van der Waals surface area contributed by atoms with Crippen LogP contribution in [-0.2, 0) is 11.2 Å². The molecule has 0 saturated carbocycles. The van der Waals surface area contributed by atoms with Crippen LogP contribution >= 0.6 is 11.3 Å². The minimum atomic E-state index is 0.273. The SMILES string of the molecule is CCc1cc2c(OCC3CCOC3)nc(N)nc2s1. The van der Waals surface area contributed by atoms with Gasteiger partial charge in [-0.3, -0.25) is 0 Å². The highest BCUT2D eigenvalue weighted by Gasteiger charge is 2.18. The Morgan fingerprint density at radius 3 is 3.16 bits per heavy atom. The average Bonchev–Trinajstić information content (AvgIpc) is 3.04. The molecule has 3 heterocycles. The quantitative estimate of drug-likeness (QED) is 0.929. The highest BCUT2D eigenvalue weighted by Crippen LogP contribution is 2.31. The molecule has 1 fully saturated rings. The Hall–Kier alpha value is -1.40. The predicted molar refractivity (Wildman–Crippen MR) is 75.6 cm³/mol. The van der Waals surface area contributed by atoms with Crippen LogP contribution in [0.4, 0.5) is 5.95 Å². The van der Waals surface area contributed by atoms with Crippen LogP contribution in [0.1, 0.15) is 18.2 Å². The van der Waals surface area contributed by atoms with Crippen LogP contribution < -0.4 is 10.5 Å². The molecule has 19 heavy (non-hydrogen) atoms. The largest absolute Gasteiger partial charge is 0.477 e. The van der Waals surface area contributed by atoms with Crippen LogP contribution in [-0.4, -0.2) is 29.8 Å². The minimum Gasteiger partial charge on any atom is -0.477 e. The topological polar surface area (TPSA) is 70.3 Å². The van der Waals surface area contributed by atoms with Crippen molar-refractivity contribution in [2.24, 2.45) is 5.92 Å². The maximum absolute atomic E-state index is 5.84. The molecule has 0 amide bonds. The number of nitrogens with zero attached hydrogens (tertiary/aromatic N) is 2. The van der Waals surface area contributed by atoms with E-state index in [0.29, 0.717) is 18.4 Å². The number of anilines is 1. The van der Waals surface area contributed by atoms with Gasteiger partial charge in [-0.25, -0.2) is 4.98 Å². The molecule has 1 saturated heterocycles. The Labute approximate surface area is 115 Å². The highest BCUT2D eigenvalue weighted by molar-refractivity contribution is 7.18. The summed E-state index contributed by atoms with van der Waals surface area (Å²) in [5.41, 5.74) is 5.74. The van der Waals surface area contributed by atoms with Crippen molar-refractivity contribution >= 4 is 27.5 Å². The lowest BCUT2D eigenvalue weighted by Crippen LogP contribution is -2.13. The Bertz CT molecular complexity index is 579. The van der Waals surface area contributed by atoms with Gasteiger partial charge in [0.25, 0.3) is 0 Å². The molecule has 0 bridgehead atoms. The molecule has 2 N–H and O–H groups in total. The first kappa shape index (κ1) is 12.6. The minimum absolute atomic E-state index is 0.273. The molecule has 2 aromatic heterocycles. The van der Waals surface area contributed by atoms with E-state index in [-0.39, 0.29) is 5.95 Å². The Kier molecular flexibility index (Phi) is 3.52. The summed E-state index contributed by atoms with van der Waals surface area (Å²) < 4.78 is 11.2. The monoisotopic (exact) mass is 279 g/mol. The number of aromatic nitrogens is 2. The van der Waals surface area contributed by atoms with Gasteiger partial charge in [-0.1, -0.05) is 6.92 Å². The van der Waals surface area contributed by atoms with Crippen LogP contribution in [0.25, 0.3) is 10.2 Å². The summed E-state index contributed by atoms with van der Waals surface area (Å²) in [6, 6.07) is 2.10. The first-order chi connectivity index (χ1) is 9.26. The summed E-state index contributed by atoms with van der Waals surface area (Å²) in [5.74, 6) is 1.33. The molecule has 102 valence electrons. The molecule has 2 aromatic rings. The summed E-state index contributed by atoms with van der Waals surface area (Å²) in [4.78, 5) is 10.7. The fraction of sp³-hybridized carbons (Fsp3) is 0.538. The number of aryl methyl sites for hydroxylation is 1. The molecule has 0 radical (unpaired) electrons. The van der Waals surface area contributed by atoms with E-state index in [1.165, 1.54) is 4.88 Å². The van der Waals surface area contributed by atoms with E-state index in [1.54, 1.807) is 11.3 Å². The van der Waals surface area contributed by atoms with E-state index < -0.39 is 0 Å². The standard InChI is InChI=1S/C13H17N3O2S/c1-2-9-5-10-11(15-13(14)16-12(10)19-9)18-7-8-3-4-17-6-8/h5,8H,2-4,6-7H2,1H3,(H2,14,15,16). The van der Waals surface area contributed by atoms with Crippen LogP contribution in [0.15, 0.2) is 6.07 Å². The van der Waals surface area contributed by atoms with Crippen molar-refractivity contribution in [3.8, 4) is 5.88 Å². The van der Waals surface area contributed by atoms with Crippen molar-refractivity contribution in [1.82, 2.24) is 9.97 Å². The molecule has 1 atom stereocenters. The van der Waals surface area contributed by atoms with Crippen molar-refractivity contribution in [1.29, 1.82) is 0 Å². The van der Waals surface area contributed by atoms with Crippen molar-refractivity contribution < 1.29 is 9.47 Å². The van der Waals surface area contributed by atoms with E-state index in [0.717, 1.165) is 36.3 Å². The molecule has 5 nitrogen and oxygen atoms in total. The van der Waals surface area contributed by atoms with Gasteiger partial charge >= 0.3 is 0 Å². The number of nitrogens with two attached hydrogens (primary N) is 1. The number of fused-ring (bicyclic) bond motifs is 1. The molecular formula is C13H17N3O2S. The summed E-state index contributed by atoms with van der Waals surface area (Å²) in [6.07, 6.45) is 2.03. The molecule has 0 aromatic carbocycles. The molecule has 1 aliphatic rings. The lowest BCUT2D eigenvalue weighted by Gasteiger charge is -2.10. The van der Waals surface area contributed by atoms with Gasteiger partial charge in [-0.15, -0.1) is 11.3 Å². The van der Waals surface area contributed by atoms with Gasteiger partial charge in [0.1, 0.15) is 4.83 Å². The number of nitrogen functional groups attached to an aromatic ring is 1. The molecule has 3 rings (SSSR count). The number of thiophene rings is 1. The van der Waals surface area contributed by atoms with Crippen molar-refractivity contribution in [3.05, 3.63) is 10.9 Å². The number of ether oxygens (including phenoxy) is 2. The summed E-state index contributed by atoms with van der Waals surface area (Å²) in [7, 11) is 0. The van der Waals surface area contributed by atoms with Crippen molar-refractivity contribution in [2.75, 3.05) is 25.6 Å². The third-order valence-corrected chi connectivity index (χ3v) is 4.43. The number of rotatable bonds is 4. The van der Waals surface area contributed by atoms with Crippen molar-refractivity contribution in [2.45, 2.75) is 19.8 Å². The zero-order valence-electron chi connectivity index (χ0n) is 10.9.